The quantitative estimate of drug-likeness (QED) is 0.599. The maximum atomic E-state index is 6.19. The molecule has 0 aromatic carbocycles. The van der Waals surface area contributed by atoms with Gasteiger partial charge in [-0.15, -0.1) is 11.3 Å². The van der Waals surface area contributed by atoms with Crippen molar-refractivity contribution in [3.8, 4) is 0 Å². The van der Waals surface area contributed by atoms with E-state index in [2.05, 4.69) is 31.2 Å². The summed E-state index contributed by atoms with van der Waals surface area (Å²) in [6.45, 7) is 5.05. The van der Waals surface area contributed by atoms with Crippen LogP contribution in [0.1, 0.15) is 29.0 Å². The Morgan fingerprint density at radius 2 is 2.07 bits per heavy atom. The fourth-order valence-electron chi connectivity index (χ4n) is 3.51. The zero-order valence-corrected chi connectivity index (χ0v) is 17.4. The second kappa shape index (κ2) is 8.94. The Balaban J connectivity index is 1.30. The molecule has 1 aliphatic rings. The molecule has 0 amide bonds. The van der Waals surface area contributed by atoms with Crippen molar-refractivity contribution >= 4 is 33.9 Å². The Bertz CT molecular complexity index is 922. The van der Waals surface area contributed by atoms with Gasteiger partial charge in [0.1, 0.15) is 5.15 Å². The molecule has 146 valence electrons. The largest absolute Gasteiger partial charge is 0.315 e. The SMILES string of the molecule is Cc1cnc(Nc2cncc(CC3CCN(Cc4cccnc4Cl)CC3)n2)s1. The van der Waals surface area contributed by atoms with Crippen LogP contribution in [0.3, 0.4) is 0 Å². The minimum absolute atomic E-state index is 0.611. The number of thiazole rings is 1. The van der Waals surface area contributed by atoms with Crippen LogP contribution < -0.4 is 5.32 Å². The van der Waals surface area contributed by atoms with Crippen LogP contribution in [-0.4, -0.2) is 37.9 Å². The number of hydrogen-bond acceptors (Lipinski definition) is 7. The number of nitrogens with zero attached hydrogens (tertiary/aromatic N) is 5. The molecule has 1 N–H and O–H groups in total. The van der Waals surface area contributed by atoms with Crippen molar-refractivity contribution in [2.75, 3.05) is 18.4 Å². The molecule has 4 heterocycles. The zero-order chi connectivity index (χ0) is 19.3. The number of hydrogen-bond donors (Lipinski definition) is 1. The van der Waals surface area contributed by atoms with E-state index in [-0.39, 0.29) is 0 Å². The maximum absolute atomic E-state index is 6.19. The number of rotatable bonds is 6. The summed E-state index contributed by atoms with van der Waals surface area (Å²) >= 11 is 7.81. The van der Waals surface area contributed by atoms with Gasteiger partial charge in [-0.2, -0.15) is 0 Å². The molecule has 3 aromatic rings. The third kappa shape index (κ3) is 5.04. The molecule has 0 atom stereocenters. The molecule has 0 spiro atoms. The van der Waals surface area contributed by atoms with Gasteiger partial charge in [-0.3, -0.25) is 9.88 Å². The summed E-state index contributed by atoms with van der Waals surface area (Å²) in [6.07, 6.45) is 10.5. The predicted octanol–water partition coefficient (Wildman–Crippen LogP) is 4.49. The molecule has 1 aliphatic heterocycles. The highest BCUT2D eigenvalue weighted by Gasteiger charge is 2.21. The number of piperidine rings is 1. The van der Waals surface area contributed by atoms with Crippen LogP contribution in [0.5, 0.6) is 0 Å². The van der Waals surface area contributed by atoms with Gasteiger partial charge in [0, 0.05) is 35.6 Å². The molecule has 0 bridgehead atoms. The topological polar surface area (TPSA) is 66.8 Å². The summed E-state index contributed by atoms with van der Waals surface area (Å²) in [6, 6.07) is 4.00. The lowest BCUT2D eigenvalue weighted by atomic mass is 9.92. The monoisotopic (exact) mass is 414 g/mol. The Morgan fingerprint density at radius 3 is 2.82 bits per heavy atom. The van der Waals surface area contributed by atoms with E-state index in [0.29, 0.717) is 11.1 Å². The second-order valence-electron chi connectivity index (χ2n) is 7.17. The number of likely N-dealkylation sites (tertiary alicyclic amines) is 1. The smallest absolute Gasteiger partial charge is 0.188 e. The fourth-order valence-corrected chi connectivity index (χ4v) is 4.36. The number of aromatic nitrogens is 4. The molecule has 4 rings (SSSR count). The second-order valence-corrected chi connectivity index (χ2v) is 8.77. The summed E-state index contributed by atoms with van der Waals surface area (Å²) in [7, 11) is 0. The molecule has 1 saturated heterocycles. The van der Waals surface area contributed by atoms with Gasteiger partial charge in [0.05, 0.1) is 11.9 Å². The molecule has 0 saturated carbocycles. The van der Waals surface area contributed by atoms with Gasteiger partial charge in [0.15, 0.2) is 10.9 Å². The first-order valence-electron chi connectivity index (χ1n) is 9.48. The number of anilines is 2. The summed E-state index contributed by atoms with van der Waals surface area (Å²) in [5, 5.41) is 4.71. The molecule has 0 aliphatic carbocycles. The van der Waals surface area contributed by atoms with Gasteiger partial charge >= 0.3 is 0 Å². The number of aryl methyl sites for hydroxylation is 1. The standard InChI is InChI=1S/C20H23ClN6S/c1-14-10-24-20(28-14)26-18-12-22-11-17(25-18)9-15-4-7-27(8-5-15)13-16-3-2-6-23-19(16)21/h2-3,6,10-12,15H,4-5,7-9,13H2,1H3,(H,24,25,26). The summed E-state index contributed by atoms with van der Waals surface area (Å²) < 4.78 is 0. The van der Waals surface area contributed by atoms with Crippen LogP contribution in [0.2, 0.25) is 5.15 Å². The van der Waals surface area contributed by atoms with Crippen molar-refractivity contribution in [2.45, 2.75) is 32.7 Å². The van der Waals surface area contributed by atoms with Gasteiger partial charge in [-0.1, -0.05) is 17.7 Å². The van der Waals surface area contributed by atoms with Crippen molar-refractivity contribution in [2.24, 2.45) is 5.92 Å². The highest BCUT2D eigenvalue weighted by Crippen LogP contribution is 2.25. The third-order valence-electron chi connectivity index (χ3n) is 4.98. The Labute approximate surface area is 174 Å². The first kappa shape index (κ1) is 19.2. The van der Waals surface area contributed by atoms with E-state index >= 15 is 0 Å². The molecule has 28 heavy (non-hydrogen) atoms. The molecule has 6 nitrogen and oxygen atoms in total. The number of pyridine rings is 1. The van der Waals surface area contributed by atoms with E-state index in [1.807, 2.05) is 25.4 Å². The maximum Gasteiger partial charge on any atom is 0.188 e. The average Bonchev–Trinajstić information content (AvgIpc) is 3.10. The zero-order valence-electron chi connectivity index (χ0n) is 15.8. The van der Waals surface area contributed by atoms with E-state index < -0.39 is 0 Å². The Morgan fingerprint density at radius 1 is 1.21 bits per heavy atom. The highest BCUT2D eigenvalue weighted by molar-refractivity contribution is 7.15. The minimum atomic E-state index is 0.611. The van der Waals surface area contributed by atoms with E-state index in [4.69, 9.17) is 16.6 Å². The molecule has 8 heteroatoms. The first-order chi connectivity index (χ1) is 13.7. The predicted molar refractivity (Wildman–Crippen MR) is 113 cm³/mol. The molecular weight excluding hydrogens is 392 g/mol. The number of halogens is 1. The number of nitrogens with one attached hydrogen (secondary N) is 1. The molecular formula is C20H23ClN6S. The molecule has 0 radical (unpaired) electrons. The van der Waals surface area contributed by atoms with Crippen molar-refractivity contribution in [3.05, 3.63) is 58.2 Å². The minimum Gasteiger partial charge on any atom is -0.315 e. The lowest BCUT2D eigenvalue weighted by Gasteiger charge is -2.31. The van der Waals surface area contributed by atoms with E-state index in [1.54, 1.807) is 23.7 Å². The van der Waals surface area contributed by atoms with Crippen molar-refractivity contribution in [1.29, 1.82) is 0 Å². The fraction of sp³-hybridized carbons (Fsp3) is 0.400. The van der Waals surface area contributed by atoms with Crippen LogP contribution in [0, 0.1) is 12.8 Å². The van der Waals surface area contributed by atoms with E-state index in [1.165, 1.54) is 4.88 Å². The Hall–Kier alpha value is -2.09. The van der Waals surface area contributed by atoms with Gasteiger partial charge < -0.3 is 5.32 Å². The van der Waals surface area contributed by atoms with Gasteiger partial charge in [-0.25, -0.2) is 15.0 Å². The molecule has 0 unspecified atom stereocenters. The van der Waals surface area contributed by atoms with E-state index in [9.17, 15) is 0 Å². The lowest BCUT2D eigenvalue weighted by Crippen LogP contribution is -2.34. The summed E-state index contributed by atoms with van der Waals surface area (Å²) in [4.78, 5) is 21.2. The third-order valence-corrected chi connectivity index (χ3v) is 6.14. The lowest BCUT2D eigenvalue weighted by molar-refractivity contribution is 0.176. The van der Waals surface area contributed by atoms with Crippen LogP contribution in [0.15, 0.2) is 36.9 Å². The van der Waals surface area contributed by atoms with Crippen LogP contribution >= 0.6 is 22.9 Å². The van der Waals surface area contributed by atoms with Gasteiger partial charge in [0.25, 0.3) is 0 Å². The normalized spacial score (nSPS) is 15.6. The van der Waals surface area contributed by atoms with Crippen molar-refractivity contribution in [1.82, 2.24) is 24.8 Å². The van der Waals surface area contributed by atoms with Crippen LogP contribution in [0.25, 0.3) is 0 Å². The van der Waals surface area contributed by atoms with Crippen LogP contribution in [0.4, 0.5) is 10.9 Å². The van der Waals surface area contributed by atoms with Crippen LogP contribution in [-0.2, 0) is 13.0 Å². The molecule has 1 fully saturated rings. The molecule has 3 aromatic heterocycles. The van der Waals surface area contributed by atoms with Crippen molar-refractivity contribution < 1.29 is 0 Å². The van der Waals surface area contributed by atoms with E-state index in [0.717, 1.165) is 61.1 Å². The summed E-state index contributed by atoms with van der Waals surface area (Å²) in [5.74, 6) is 1.39. The van der Waals surface area contributed by atoms with Crippen molar-refractivity contribution in [3.63, 3.8) is 0 Å². The Kier molecular flexibility index (Phi) is 6.14. The highest BCUT2D eigenvalue weighted by atomic mass is 35.5. The summed E-state index contributed by atoms with van der Waals surface area (Å²) in [5.41, 5.74) is 2.14. The average molecular weight is 415 g/mol. The van der Waals surface area contributed by atoms with Gasteiger partial charge in [-0.05, 0) is 51.3 Å². The first-order valence-corrected chi connectivity index (χ1v) is 10.7. The van der Waals surface area contributed by atoms with Gasteiger partial charge in [0.2, 0.25) is 0 Å².